The van der Waals surface area contributed by atoms with E-state index in [1.807, 2.05) is 65.8 Å². The van der Waals surface area contributed by atoms with Gasteiger partial charge in [-0.1, -0.05) is 44.5 Å². The number of hydrogen-bond acceptors (Lipinski definition) is 5. The summed E-state index contributed by atoms with van der Waals surface area (Å²) in [5.74, 6) is -1.69. The van der Waals surface area contributed by atoms with Crippen LogP contribution in [0, 0.1) is 6.92 Å². The third-order valence-electron chi connectivity index (χ3n) is 6.25. The molecular weight excluding hydrogens is 472 g/mol. The minimum atomic E-state index is -1.31. The lowest BCUT2D eigenvalue weighted by atomic mass is 9.90. The number of nitrogens with two attached hydrogens (primary N) is 1. The van der Waals surface area contributed by atoms with Crippen LogP contribution in [0.1, 0.15) is 98.2 Å². The lowest BCUT2D eigenvalue weighted by Crippen LogP contribution is -2.60. The number of rotatable bonds is 12. The minimum absolute atomic E-state index is 0.105. The zero-order valence-corrected chi connectivity index (χ0v) is 23.9. The summed E-state index contributed by atoms with van der Waals surface area (Å²) in [4.78, 5) is 54.1. The van der Waals surface area contributed by atoms with Gasteiger partial charge in [0.2, 0.25) is 17.7 Å². The third kappa shape index (κ3) is 9.70. The average molecular weight is 519 g/mol. The average Bonchev–Trinajstić information content (AvgIpc) is 2.75. The van der Waals surface area contributed by atoms with Gasteiger partial charge < -0.3 is 26.0 Å². The van der Waals surface area contributed by atoms with Gasteiger partial charge in [-0.25, -0.2) is 4.79 Å². The smallest absolute Gasteiger partial charge is 0.408 e. The normalized spacial score (nSPS) is 14.2. The van der Waals surface area contributed by atoms with Gasteiger partial charge in [-0.2, -0.15) is 0 Å². The Balaban J connectivity index is 3.67. The van der Waals surface area contributed by atoms with Crippen molar-refractivity contribution >= 4 is 23.8 Å². The molecule has 0 aliphatic carbocycles. The lowest BCUT2D eigenvalue weighted by molar-refractivity contribution is -0.150. The third-order valence-corrected chi connectivity index (χ3v) is 6.25. The van der Waals surface area contributed by atoms with Crippen LogP contribution in [-0.4, -0.2) is 51.9 Å². The highest BCUT2D eigenvalue weighted by atomic mass is 16.6. The van der Waals surface area contributed by atoms with Gasteiger partial charge in [0.15, 0.2) is 0 Å². The van der Waals surface area contributed by atoms with Gasteiger partial charge in [0, 0.05) is 11.6 Å². The Morgan fingerprint density at radius 3 is 2.11 bits per heavy atom. The van der Waals surface area contributed by atoms with Crippen molar-refractivity contribution in [1.29, 1.82) is 0 Å². The van der Waals surface area contributed by atoms with E-state index in [0.29, 0.717) is 12.0 Å². The molecule has 3 atom stereocenters. The van der Waals surface area contributed by atoms with Crippen LogP contribution in [0.4, 0.5) is 4.79 Å². The number of hydrogen-bond donors (Lipinski definition) is 3. The van der Waals surface area contributed by atoms with Crippen molar-refractivity contribution in [3.8, 4) is 0 Å². The van der Waals surface area contributed by atoms with Gasteiger partial charge in [-0.3, -0.25) is 14.4 Å². The molecule has 4 amide bonds. The molecule has 0 aliphatic heterocycles. The van der Waals surface area contributed by atoms with E-state index in [4.69, 9.17) is 10.5 Å². The molecule has 4 N–H and O–H groups in total. The first kappa shape index (κ1) is 31.9. The standard InChI is InChI=1S/C28H46N4O5/c1-10-14-19(4)30-24(34)23(20-16-13-12-15-18(20)3)32(28(8,9)11-2)25(35)21(17-22(29)33)31-26(36)37-27(5,6)7/h12-13,15-16,19,21,23H,10-11,14,17H2,1-9H3,(H2,29,33)(H,30,34)(H,31,36). The largest absolute Gasteiger partial charge is 0.444 e. The summed E-state index contributed by atoms with van der Waals surface area (Å²) in [6, 6.07) is 4.97. The van der Waals surface area contributed by atoms with Crippen molar-refractivity contribution in [2.24, 2.45) is 5.73 Å². The fraction of sp³-hybridized carbons (Fsp3) is 0.643. The zero-order chi connectivity index (χ0) is 28.6. The van der Waals surface area contributed by atoms with Crippen LogP contribution in [-0.2, 0) is 19.1 Å². The van der Waals surface area contributed by atoms with Gasteiger partial charge in [0.05, 0.1) is 6.42 Å². The van der Waals surface area contributed by atoms with E-state index in [-0.39, 0.29) is 11.9 Å². The topological polar surface area (TPSA) is 131 Å². The Morgan fingerprint density at radius 2 is 1.62 bits per heavy atom. The van der Waals surface area contributed by atoms with Crippen molar-refractivity contribution in [3.05, 3.63) is 35.4 Å². The van der Waals surface area contributed by atoms with Crippen molar-refractivity contribution in [2.75, 3.05) is 0 Å². The van der Waals surface area contributed by atoms with Crippen LogP contribution < -0.4 is 16.4 Å². The second-order valence-corrected chi connectivity index (χ2v) is 11.2. The molecule has 3 unspecified atom stereocenters. The van der Waals surface area contributed by atoms with Gasteiger partial charge in [-0.15, -0.1) is 0 Å². The Labute approximate surface area is 221 Å². The molecule has 9 heteroatoms. The number of alkyl carbamates (subject to hydrolysis) is 1. The van der Waals surface area contributed by atoms with Crippen molar-refractivity contribution in [3.63, 3.8) is 0 Å². The number of aryl methyl sites for hydroxylation is 1. The van der Waals surface area contributed by atoms with Gasteiger partial charge in [-0.05, 0) is 72.4 Å². The number of nitrogens with one attached hydrogen (secondary N) is 2. The fourth-order valence-electron chi connectivity index (χ4n) is 4.08. The molecule has 208 valence electrons. The van der Waals surface area contributed by atoms with Crippen molar-refractivity contribution in [1.82, 2.24) is 15.5 Å². The number of ether oxygens (including phenoxy) is 1. The summed E-state index contributed by atoms with van der Waals surface area (Å²) in [6.45, 7) is 16.5. The molecular formula is C28H46N4O5. The Kier molecular flexibility index (Phi) is 11.6. The number of primary amides is 1. The quantitative estimate of drug-likeness (QED) is 0.383. The molecule has 1 aromatic rings. The van der Waals surface area contributed by atoms with Gasteiger partial charge in [0.1, 0.15) is 17.7 Å². The molecule has 1 rings (SSSR count). The van der Waals surface area contributed by atoms with Gasteiger partial charge >= 0.3 is 6.09 Å². The summed E-state index contributed by atoms with van der Waals surface area (Å²) < 4.78 is 5.33. The highest BCUT2D eigenvalue weighted by Gasteiger charge is 2.44. The van der Waals surface area contributed by atoms with E-state index in [2.05, 4.69) is 10.6 Å². The predicted molar refractivity (Wildman–Crippen MR) is 145 cm³/mol. The second-order valence-electron chi connectivity index (χ2n) is 11.2. The molecule has 9 nitrogen and oxygen atoms in total. The van der Waals surface area contributed by atoms with E-state index >= 15 is 0 Å². The van der Waals surface area contributed by atoms with E-state index in [1.54, 1.807) is 20.8 Å². The Bertz CT molecular complexity index is 954. The number of amides is 4. The van der Waals surface area contributed by atoms with Crippen LogP contribution in [0.25, 0.3) is 0 Å². The second kappa shape index (κ2) is 13.4. The maximum Gasteiger partial charge on any atom is 0.408 e. The van der Waals surface area contributed by atoms with Crippen LogP contribution in [0.5, 0.6) is 0 Å². The van der Waals surface area contributed by atoms with Crippen LogP contribution in [0.15, 0.2) is 24.3 Å². The number of benzene rings is 1. The molecule has 0 fully saturated rings. The lowest BCUT2D eigenvalue weighted by Gasteiger charge is -2.45. The molecule has 37 heavy (non-hydrogen) atoms. The number of carbonyl (C=O) groups is 4. The van der Waals surface area contributed by atoms with E-state index < -0.39 is 47.6 Å². The highest BCUT2D eigenvalue weighted by molar-refractivity contribution is 5.95. The fourth-order valence-corrected chi connectivity index (χ4v) is 4.08. The van der Waals surface area contributed by atoms with E-state index in [1.165, 1.54) is 4.90 Å². The molecule has 0 bridgehead atoms. The number of nitrogens with zero attached hydrogens (tertiary/aromatic N) is 1. The molecule has 0 aromatic heterocycles. The Hall–Kier alpha value is -3.10. The molecule has 0 radical (unpaired) electrons. The summed E-state index contributed by atoms with van der Waals surface area (Å²) in [6.07, 6.45) is 0.883. The zero-order valence-electron chi connectivity index (χ0n) is 23.9. The first-order valence-electron chi connectivity index (χ1n) is 13.0. The summed E-state index contributed by atoms with van der Waals surface area (Å²) in [7, 11) is 0. The molecule has 0 heterocycles. The molecule has 0 saturated carbocycles. The summed E-state index contributed by atoms with van der Waals surface area (Å²) in [5.41, 5.74) is 5.33. The summed E-state index contributed by atoms with van der Waals surface area (Å²) in [5, 5.41) is 5.57. The molecule has 0 aliphatic rings. The van der Waals surface area contributed by atoms with Crippen LogP contribution >= 0.6 is 0 Å². The SMILES string of the molecule is CCCC(C)NC(=O)C(c1ccccc1C)N(C(=O)C(CC(N)=O)NC(=O)OC(C)(C)C)C(C)(C)CC. The van der Waals surface area contributed by atoms with E-state index in [0.717, 1.165) is 18.4 Å². The van der Waals surface area contributed by atoms with Gasteiger partial charge in [0.25, 0.3) is 0 Å². The monoisotopic (exact) mass is 518 g/mol. The molecule has 0 saturated heterocycles. The summed E-state index contributed by atoms with van der Waals surface area (Å²) >= 11 is 0. The van der Waals surface area contributed by atoms with E-state index in [9.17, 15) is 19.2 Å². The van der Waals surface area contributed by atoms with Crippen LogP contribution in [0.2, 0.25) is 0 Å². The predicted octanol–water partition coefficient (Wildman–Crippen LogP) is 4.13. The number of carbonyl (C=O) groups excluding carboxylic acids is 4. The maximum atomic E-state index is 14.2. The van der Waals surface area contributed by atoms with Crippen molar-refractivity contribution in [2.45, 2.75) is 117 Å². The Morgan fingerprint density at radius 1 is 1.03 bits per heavy atom. The molecule has 1 aromatic carbocycles. The first-order chi connectivity index (χ1) is 17.0. The highest BCUT2D eigenvalue weighted by Crippen LogP contribution is 2.34. The first-order valence-corrected chi connectivity index (χ1v) is 13.0. The maximum absolute atomic E-state index is 14.2. The van der Waals surface area contributed by atoms with Crippen molar-refractivity contribution < 1.29 is 23.9 Å². The van der Waals surface area contributed by atoms with Crippen LogP contribution in [0.3, 0.4) is 0 Å². The molecule has 0 spiro atoms. The minimum Gasteiger partial charge on any atom is -0.444 e.